The van der Waals surface area contributed by atoms with Crippen LogP contribution < -0.4 is 5.32 Å². The van der Waals surface area contributed by atoms with Gasteiger partial charge in [0.2, 0.25) is 0 Å². The normalized spacial score (nSPS) is 13.4. The first-order valence-electron chi connectivity index (χ1n) is 8.23. The fraction of sp³-hybridized carbons (Fsp3) is 0.158. The van der Waals surface area contributed by atoms with Crippen LogP contribution in [-0.2, 0) is 13.1 Å². The van der Waals surface area contributed by atoms with Gasteiger partial charge in [-0.05, 0) is 29.8 Å². The summed E-state index contributed by atoms with van der Waals surface area (Å²) in [6, 6.07) is 13.2. The summed E-state index contributed by atoms with van der Waals surface area (Å²) < 4.78 is 15.1. The number of hydrogen-bond donors (Lipinski definition) is 1. The van der Waals surface area contributed by atoms with Gasteiger partial charge in [-0.25, -0.2) is 9.18 Å². The average Bonchev–Trinajstić information content (AvgIpc) is 3.07. The molecule has 1 aliphatic rings. The molecule has 1 aromatic heterocycles. The van der Waals surface area contributed by atoms with Gasteiger partial charge in [-0.3, -0.25) is 4.68 Å². The molecular formula is C19H16ClFN4O. The van der Waals surface area contributed by atoms with E-state index < -0.39 is 0 Å². The number of para-hydroxylation sites is 1. The molecule has 3 aromatic rings. The van der Waals surface area contributed by atoms with Crippen molar-refractivity contribution in [3.8, 4) is 11.1 Å². The van der Waals surface area contributed by atoms with Crippen molar-refractivity contribution in [1.82, 2.24) is 14.7 Å². The molecule has 5 nitrogen and oxygen atoms in total. The van der Waals surface area contributed by atoms with Crippen LogP contribution in [0.2, 0.25) is 5.02 Å². The molecule has 0 radical (unpaired) electrons. The molecule has 0 bridgehead atoms. The lowest BCUT2D eigenvalue weighted by atomic mass is 10.1. The number of hydrogen-bond acceptors (Lipinski definition) is 2. The lowest BCUT2D eigenvalue weighted by Crippen LogP contribution is -2.41. The second-order valence-electron chi connectivity index (χ2n) is 6.07. The van der Waals surface area contributed by atoms with Crippen LogP contribution in [0.1, 0.15) is 5.69 Å². The maximum absolute atomic E-state index is 13.2. The first-order chi connectivity index (χ1) is 12.6. The van der Waals surface area contributed by atoms with Crippen LogP contribution in [0.5, 0.6) is 0 Å². The smallest absolute Gasteiger partial charge is 0.317 e. The molecule has 0 saturated carbocycles. The van der Waals surface area contributed by atoms with Gasteiger partial charge in [-0.2, -0.15) is 5.10 Å². The third kappa shape index (κ3) is 3.15. The van der Waals surface area contributed by atoms with E-state index in [4.69, 9.17) is 11.6 Å². The summed E-state index contributed by atoms with van der Waals surface area (Å²) in [7, 11) is 0. The highest BCUT2D eigenvalue weighted by molar-refractivity contribution is 6.33. The van der Waals surface area contributed by atoms with Crippen molar-refractivity contribution in [2.45, 2.75) is 13.1 Å². The minimum atomic E-state index is -0.282. The number of halogens is 2. The molecule has 1 aliphatic heterocycles. The van der Waals surface area contributed by atoms with E-state index in [0.29, 0.717) is 30.3 Å². The second kappa shape index (κ2) is 6.80. The third-order valence-corrected chi connectivity index (χ3v) is 4.76. The first kappa shape index (κ1) is 16.6. The molecule has 0 fully saturated rings. The number of carbonyl (C=O) groups excluding carboxylic acids is 1. The number of amides is 2. The zero-order valence-electron chi connectivity index (χ0n) is 13.8. The van der Waals surface area contributed by atoms with E-state index in [1.165, 1.54) is 12.1 Å². The maximum Gasteiger partial charge on any atom is 0.322 e. The molecule has 7 heteroatoms. The van der Waals surface area contributed by atoms with Gasteiger partial charge in [0.15, 0.2) is 0 Å². The minimum absolute atomic E-state index is 0.212. The monoisotopic (exact) mass is 370 g/mol. The highest BCUT2D eigenvalue weighted by Gasteiger charge is 2.24. The average molecular weight is 371 g/mol. The Hall–Kier alpha value is -2.86. The number of fused-ring (bicyclic) bond motifs is 1. The van der Waals surface area contributed by atoms with Gasteiger partial charge in [0.25, 0.3) is 0 Å². The van der Waals surface area contributed by atoms with Crippen LogP contribution in [0.25, 0.3) is 11.1 Å². The Morgan fingerprint density at radius 1 is 1.12 bits per heavy atom. The number of carbonyl (C=O) groups is 1. The number of benzene rings is 2. The summed E-state index contributed by atoms with van der Waals surface area (Å²) in [4.78, 5) is 14.3. The van der Waals surface area contributed by atoms with Crippen LogP contribution in [0.15, 0.2) is 54.7 Å². The quantitative estimate of drug-likeness (QED) is 0.727. The first-order valence-corrected chi connectivity index (χ1v) is 8.61. The number of rotatable bonds is 2. The molecule has 2 heterocycles. The summed E-state index contributed by atoms with van der Waals surface area (Å²) in [5.74, 6) is -0.282. The van der Waals surface area contributed by atoms with Gasteiger partial charge in [-0.1, -0.05) is 35.9 Å². The topological polar surface area (TPSA) is 50.2 Å². The van der Waals surface area contributed by atoms with Crippen molar-refractivity contribution in [3.05, 3.63) is 71.3 Å². The Labute approximate surface area is 155 Å². The van der Waals surface area contributed by atoms with Crippen LogP contribution in [-0.4, -0.2) is 27.3 Å². The maximum atomic E-state index is 13.2. The molecule has 26 heavy (non-hydrogen) atoms. The van der Waals surface area contributed by atoms with E-state index in [1.54, 1.807) is 35.4 Å². The van der Waals surface area contributed by atoms with E-state index >= 15 is 0 Å². The van der Waals surface area contributed by atoms with Crippen LogP contribution in [0.3, 0.4) is 0 Å². The fourth-order valence-corrected chi connectivity index (χ4v) is 3.23. The van der Waals surface area contributed by atoms with Gasteiger partial charge >= 0.3 is 6.03 Å². The molecule has 1 N–H and O–H groups in total. The number of urea groups is 1. The van der Waals surface area contributed by atoms with E-state index in [2.05, 4.69) is 10.4 Å². The van der Waals surface area contributed by atoms with Gasteiger partial charge in [0.1, 0.15) is 5.82 Å². The highest BCUT2D eigenvalue weighted by Crippen LogP contribution is 2.28. The molecule has 4 rings (SSSR count). The van der Waals surface area contributed by atoms with Crippen molar-refractivity contribution >= 4 is 23.3 Å². The Kier molecular flexibility index (Phi) is 4.34. The Balaban J connectivity index is 1.56. The Bertz CT molecular complexity index is 954. The summed E-state index contributed by atoms with van der Waals surface area (Å²) in [6.07, 6.45) is 1.76. The van der Waals surface area contributed by atoms with E-state index in [0.717, 1.165) is 16.8 Å². The minimum Gasteiger partial charge on any atom is -0.317 e. The van der Waals surface area contributed by atoms with Crippen molar-refractivity contribution in [3.63, 3.8) is 0 Å². The van der Waals surface area contributed by atoms with Gasteiger partial charge in [-0.15, -0.1) is 0 Å². The second-order valence-corrected chi connectivity index (χ2v) is 6.47. The van der Waals surface area contributed by atoms with Gasteiger partial charge < -0.3 is 10.2 Å². The zero-order chi connectivity index (χ0) is 18.1. The number of nitrogens with one attached hydrogen (secondary N) is 1. The van der Waals surface area contributed by atoms with E-state index in [9.17, 15) is 9.18 Å². The fourth-order valence-electron chi connectivity index (χ4n) is 3.05. The predicted octanol–water partition coefficient (Wildman–Crippen LogP) is 4.39. The van der Waals surface area contributed by atoms with Crippen molar-refractivity contribution in [2.24, 2.45) is 0 Å². The molecule has 0 aliphatic carbocycles. The Morgan fingerprint density at radius 2 is 1.88 bits per heavy atom. The molecule has 0 unspecified atom stereocenters. The molecular weight excluding hydrogens is 355 g/mol. The van der Waals surface area contributed by atoms with Crippen LogP contribution in [0, 0.1) is 5.82 Å². The van der Waals surface area contributed by atoms with Gasteiger partial charge in [0, 0.05) is 12.1 Å². The van der Waals surface area contributed by atoms with Crippen molar-refractivity contribution in [2.75, 3.05) is 11.9 Å². The summed E-state index contributed by atoms with van der Waals surface area (Å²) >= 11 is 6.11. The third-order valence-electron chi connectivity index (χ3n) is 4.43. The largest absolute Gasteiger partial charge is 0.322 e. The molecule has 0 atom stereocenters. The lowest BCUT2D eigenvalue weighted by molar-refractivity contribution is 0.194. The van der Waals surface area contributed by atoms with Gasteiger partial charge in [0.05, 0.1) is 35.7 Å². The predicted molar refractivity (Wildman–Crippen MR) is 98.5 cm³/mol. The molecule has 0 saturated heterocycles. The molecule has 2 aromatic carbocycles. The standard InChI is InChI=1S/C19H16ClFN4O/c20-16-3-1-2-4-17(16)23-19(26)24-9-10-25-18(12-24)15(11-22-25)13-5-7-14(21)8-6-13/h1-8,11H,9-10,12H2,(H,23,26). The highest BCUT2D eigenvalue weighted by atomic mass is 35.5. The van der Waals surface area contributed by atoms with Crippen LogP contribution in [0.4, 0.5) is 14.9 Å². The summed E-state index contributed by atoms with van der Waals surface area (Å²) in [6.45, 7) is 1.57. The number of nitrogens with zero attached hydrogens (tertiary/aromatic N) is 3. The molecule has 0 spiro atoms. The summed E-state index contributed by atoms with van der Waals surface area (Å²) in [5.41, 5.74) is 3.29. The van der Waals surface area contributed by atoms with Crippen molar-refractivity contribution < 1.29 is 9.18 Å². The summed E-state index contributed by atoms with van der Waals surface area (Å²) in [5, 5.41) is 7.73. The zero-order valence-corrected chi connectivity index (χ0v) is 14.6. The van der Waals surface area contributed by atoms with Crippen molar-refractivity contribution in [1.29, 1.82) is 0 Å². The van der Waals surface area contributed by atoms with E-state index in [-0.39, 0.29) is 11.8 Å². The lowest BCUT2D eigenvalue weighted by Gasteiger charge is -2.28. The number of aromatic nitrogens is 2. The van der Waals surface area contributed by atoms with Crippen LogP contribution >= 0.6 is 11.6 Å². The Morgan fingerprint density at radius 3 is 2.65 bits per heavy atom. The molecule has 2 amide bonds. The van der Waals surface area contributed by atoms with E-state index in [1.807, 2.05) is 16.8 Å². The SMILES string of the molecule is O=C(Nc1ccccc1Cl)N1CCn2ncc(-c3ccc(F)cc3)c2C1. The number of anilines is 1. The molecule has 132 valence electrons.